The zero-order valence-corrected chi connectivity index (χ0v) is 15.2. The molecule has 0 unspecified atom stereocenters. The van der Waals surface area contributed by atoms with Crippen LogP contribution in [0, 0.1) is 0 Å². The summed E-state index contributed by atoms with van der Waals surface area (Å²) in [7, 11) is -8.45. The Kier molecular flexibility index (Phi) is 4.68. The summed E-state index contributed by atoms with van der Waals surface area (Å²) in [5, 5.41) is 10.8. The topological polar surface area (TPSA) is 120 Å². The zero-order chi connectivity index (χ0) is 18.9. The van der Waals surface area contributed by atoms with Gasteiger partial charge in [-0.1, -0.05) is 66.7 Å². The Morgan fingerprint density at radius 1 is 0.577 bits per heavy atom. The number of rotatable bonds is 4. The van der Waals surface area contributed by atoms with Crippen molar-refractivity contribution in [2.45, 2.75) is 9.79 Å². The summed E-state index contributed by atoms with van der Waals surface area (Å²) < 4.78 is 49.1. The Hall–Kier alpha value is -2.52. The summed E-state index contributed by atoms with van der Waals surface area (Å²) >= 11 is 0. The fraction of sp³-hybridized carbons (Fsp3) is 0. The molecule has 0 aromatic heterocycles. The third-order valence-corrected chi connectivity index (χ3v) is 5.80. The Balaban J connectivity index is 2.53. The summed E-state index contributed by atoms with van der Waals surface area (Å²) in [6.45, 7) is 0. The van der Waals surface area contributed by atoms with Gasteiger partial charge in [-0.2, -0.15) is 0 Å². The lowest BCUT2D eigenvalue weighted by molar-refractivity contribution is 0.597. The molecule has 0 saturated carbocycles. The van der Waals surface area contributed by atoms with E-state index in [0.717, 1.165) is 0 Å². The average molecular weight is 388 g/mol. The van der Waals surface area contributed by atoms with Crippen LogP contribution in [0.15, 0.2) is 82.6 Å². The summed E-state index contributed by atoms with van der Waals surface area (Å²) in [5.41, 5.74) is 1.25. The highest BCUT2D eigenvalue weighted by Gasteiger charge is 2.27. The van der Waals surface area contributed by atoms with Gasteiger partial charge in [-0.05, 0) is 17.2 Å². The molecule has 0 atom stereocenters. The summed E-state index contributed by atoms with van der Waals surface area (Å²) in [5.74, 6) is 0. The minimum absolute atomic E-state index is 0.0306. The van der Waals surface area contributed by atoms with E-state index in [1.807, 2.05) is 0 Å². The molecule has 0 radical (unpaired) electrons. The molecule has 0 heterocycles. The first-order chi connectivity index (χ1) is 12.2. The lowest BCUT2D eigenvalue weighted by atomic mass is 9.98. The molecule has 0 spiro atoms. The van der Waals surface area contributed by atoms with Crippen molar-refractivity contribution in [3.63, 3.8) is 0 Å². The molecule has 0 aliphatic heterocycles. The SMILES string of the molecule is NS(=O)(=O)c1ccc(-c2ccccc2)c(S(N)(=O)=O)c1-c1ccccc1. The second kappa shape index (κ2) is 6.65. The Labute approximate surface area is 152 Å². The van der Waals surface area contributed by atoms with Crippen LogP contribution >= 0.6 is 0 Å². The molecule has 0 aliphatic carbocycles. The van der Waals surface area contributed by atoms with Crippen LogP contribution in [0.3, 0.4) is 0 Å². The number of sulfonamides is 2. The Morgan fingerprint density at radius 2 is 1.08 bits per heavy atom. The fourth-order valence-electron chi connectivity index (χ4n) is 2.82. The molecule has 0 amide bonds. The van der Waals surface area contributed by atoms with E-state index in [1.54, 1.807) is 60.7 Å². The molecule has 0 fully saturated rings. The van der Waals surface area contributed by atoms with Gasteiger partial charge in [0.15, 0.2) is 0 Å². The van der Waals surface area contributed by atoms with Crippen LogP contribution in [-0.4, -0.2) is 16.8 Å². The van der Waals surface area contributed by atoms with Gasteiger partial charge in [0.1, 0.15) is 0 Å². The molecule has 4 N–H and O–H groups in total. The standard InChI is InChI=1S/C18H16N2O4S2/c19-25(21,22)16-12-11-15(13-7-3-1-4-8-13)18(26(20,23)24)17(16)14-9-5-2-6-10-14/h1-12H,(H2,19,21,22)(H2,20,23,24). The predicted molar refractivity (Wildman–Crippen MR) is 100 cm³/mol. The van der Waals surface area contributed by atoms with Crippen molar-refractivity contribution in [3.05, 3.63) is 72.8 Å². The van der Waals surface area contributed by atoms with Crippen molar-refractivity contribution >= 4 is 20.0 Å². The second-order valence-corrected chi connectivity index (χ2v) is 8.67. The van der Waals surface area contributed by atoms with Gasteiger partial charge in [0.05, 0.1) is 9.79 Å². The van der Waals surface area contributed by atoms with Gasteiger partial charge < -0.3 is 0 Å². The minimum atomic E-state index is -4.26. The number of benzene rings is 3. The first-order valence-electron chi connectivity index (χ1n) is 7.53. The van der Waals surface area contributed by atoms with Crippen LogP contribution in [0.25, 0.3) is 22.3 Å². The summed E-state index contributed by atoms with van der Waals surface area (Å²) in [6, 6.07) is 19.7. The first-order valence-corrected chi connectivity index (χ1v) is 10.6. The Bertz CT molecular complexity index is 1160. The van der Waals surface area contributed by atoms with Crippen molar-refractivity contribution in [1.29, 1.82) is 0 Å². The van der Waals surface area contributed by atoms with E-state index in [0.29, 0.717) is 16.7 Å². The van der Waals surface area contributed by atoms with Crippen LogP contribution in [-0.2, 0) is 20.0 Å². The third kappa shape index (κ3) is 3.54. The van der Waals surface area contributed by atoms with Crippen LogP contribution in [0.1, 0.15) is 0 Å². The predicted octanol–water partition coefficient (Wildman–Crippen LogP) is 2.32. The molecule has 134 valence electrons. The Morgan fingerprint density at radius 3 is 1.54 bits per heavy atom. The monoisotopic (exact) mass is 388 g/mol. The van der Waals surface area contributed by atoms with E-state index >= 15 is 0 Å². The second-order valence-electron chi connectivity index (χ2n) is 5.64. The smallest absolute Gasteiger partial charge is 0.225 e. The number of primary sulfonamides is 2. The van der Waals surface area contributed by atoms with Crippen molar-refractivity contribution in [2.24, 2.45) is 10.3 Å². The van der Waals surface area contributed by atoms with Crippen LogP contribution in [0.5, 0.6) is 0 Å². The van der Waals surface area contributed by atoms with Crippen LogP contribution in [0.2, 0.25) is 0 Å². The fourth-order valence-corrected chi connectivity index (χ4v) is 4.65. The molecular formula is C18H16N2O4S2. The van der Waals surface area contributed by atoms with Gasteiger partial charge in [0.25, 0.3) is 0 Å². The highest BCUT2D eigenvalue weighted by atomic mass is 32.2. The number of nitrogens with two attached hydrogens (primary N) is 2. The highest BCUT2D eigenvalue weighted by Crippen LogP contribution is 2.39. The molecule has 0 saturated heterocycles. The zero-order valence-electron chi connectivity index (χ0n) is 13.5. The van der Waals surface area contributed by atoms with Gasteiger partial charge in [-0.3, -0.25) is 0 Å². The maximum absolute atomic E-state index is 12.4. The quantitative estimate of drug-likeness (QED) is 0.712. The van der Waals surface area contributed by atoms with Gasteiger partial charge in [0.2, 0.25) is 20.0 Å². The van der Waals surface area contributed by atoms with E-state index in [-0.39, 0.29) is 15.4 Å². The maximum Gasteiger partial charge on any atom is 0.239 e. The lowest BCUT2D eigenvalue weighted by Gasteiger charge is -2.17. The van der Waals surface area contributed by atoms with Crippen LogP contribution < -0.4 is 10.3 Å². The summed E-state index contributed by atoms with van der Waals surface area (Å²) in [6.07, 6.45) is 0. The largest absolute Gasteiger partial charge is 0.239 e. The average Bonchev–Trinajstić information content (AvgIpc) is 2.60. The first kappa shape index (κ1) is 18.3. The van der Waals surface area contributed by atoms with Crippen molar-refractivity contribution in [3.8, 4) is 22.3 Å². The lowest BCUT2D eigenvalue weighted by Crippen LogP contribution is -2.19. The van der Waals surface area contributed by atoms with Gasteiger partial charge in [0, 0.05) is 11.1 Å². The van der Waals surface area contributed by atoms with Crippen molar-refractivity contribution < 1.29 is 16.8 Å². The molecule has 3 aromatic rings. The maximum atomic E-state index is 12.4. The van der Waals surface area contributed by atoms with Crippen molar-refractivity contribution in [2.75, 3.05) is 0 Å². The van der Waals surface area contributed by atoms with Crippen LogP contribution in [0.4, 0.5) is 0 Å². The van der Waals surface area contributed by atoms with E-state index in [1.165, 1.54) is 12.1 Å². The highest BCUT2D eigenvalue weighted by molar-refractivity contribution is 7.90. The molecule has 3 rings (SSSR count). The molecule has 26 heavy (non-hydrogen) atoms. The number of hydrogen-bond donors (Lipinski definition) is 2. The number of hydrogen-bond acceptors (Lipinski definition) is 4. The molecule has 0 bridgehead atoms. The minimum Gasteiger partial charge on any atom is -0.225 e. The van der Waals surface area contributed by atoms with Gasteiger partial charge in [-0.25, -0.2) is 27.1 Å². The van der Waals surface area contributed by atoms with E-state index < -0.39 is 20.0 Å². The van der Waals surface area contributed by atoms with E-state index in [2.05, 4.69) is 0 Å². The van der Waals surface area contributed by atoms with Gasteiger partial charge >= 0.3 is 0 Å². The molecule has 6 nitrogen and oxygen atoms in total. The molecular weight excluding hydrogens is 372 g/mol. The van der Waals surface area contributed by atoms with Gasteiger partial charge in [-0.15, -0.1) is 0 Å². The molecule has 0 aliphatic rings. The van der Waals surface area contributed by atoms with E-state index in [9.17, 15) is 16.8 Å². The molecule has 8 heteroatoms. The van der Waals surface area contributed by atoms with E-state index in [4.69, 9.17) is 10.3 Å². The normalized spacial score (nSPS) is 12.1. The molecule has 3 aromatic carbocycles. The third-order valence-electron chi connectivity index (χ3n) is 3.86. The summed E-state index contributed by atoms with van der Waals surface area (Å²) in [4.78, 5) is -0.575. The van der Waals surface area contributed by atoms with Crippen molar-refractivity contribution in [1.82, 2.24) is 0 Å².